The molecule has 0 fully saturated rings. The Morgan fingerprint density at radius 1 is 1.50 bits per heavy atom. The molecule has 1 aromatic carbocycles. The highest BCUT2D eigenvalue weighted by atomic mass is 79.9. The van der Waals surface area contributed by atoms with Crippen LogP contribution in [-0.4, -0.2) is 16.2 Å². The summed E-state index contributed by atoms with van der Waals surface area (Å²) < 4.78 is 7.98. The Morgan fingerprint density at radius 3 is 2.89 bits per heavy atom. The topological polar surface area (TPSA) is 50.8 Å². The van der Waals surface area contributed by atoms with Gasteiger partial charge in [-0.05, 0) is 35.0 Å². The van der Waals surface area contributed by atoms with E-state index in [4.69, 9.17) is 10.00 Å². The van der Waals surface area contributed by atoms with Crippen LogP contribution < -0.4 is 4.74 Å². The quantitative estimate of drug-likeness (QED) is 0.875. The zero-order chi connectivity index (χ0) is 13.1. The van der Waals surface area contributed by atoms with Crippen molar-refractivity contribution in [3.63, 3.8) is 0 Å². The van der Waals surface area contributed by atoms with Crippen molar-refractivity contribution in [1.82, 2.24) is 9.55 Å². The van der Waals surface area contributed by atoms with Gasteiger partial charge in [-0.25, -0.2) is 4.98 Å². The van der Waals surface area contributed by atoms with E-state index in [1.807, 2.05) is 42.8 Å². The van der Waals surface area contributed by atoms with Gasteiger partial charge in [0, 0.05) is 12.6 Å². The summed E-state index contributed by atoms with van der Waals surface area (Å²) in [5.74, 6) is 1.53. The molecule has 18 heavy (non-hydrogen) atoms. The Balaban J connectivity index is 2.49. The van der Waals surface area contributed by atoms with Crippen LogP contribution in [0.3, 0.4) is 0 Å². The molecule has 0 bridgehead atoms. The first-order valence-corrected chi connectivity index (χ1v) is 6.32. The van der Waals surface area contributed by atoms with Crippen LogP contribution >= 0.6 is 15.9 Å². The first-order valence-electron chi connectivity index (χ1n) is 5.53. The van der Waals surface area contributed by atoms with Gasteiger partial charge < -0.3 is 9.30 Å². The molecule has 0 atom stereocenters. The molecule has 5 heteroatoms. The molecule has 2 aromatic rings. The zero-order valence-corrected chi connectivity index (χ0v) is 11.7. The Labute approximate surface area is 114 Å². The van der Waals surface area contributed by atoms with E-state index in [0.29, 0.717) is 16.9 Å². The summed E-state index contributed by atoms with van der Waals surface area (Å²) in [4.78, 5) is 4.30. The van der Waals surface area contributed by atoms with Gasteiger partial charge in [-0.2, -0.15) is 5.26 Å². The van der Waals surface area contributed by atoms with Gasteiger partial charge >= 0.3 is 0 Å². The minimum absolute atomic E-state index is 0.384. The maximum atomic E-state index is 8.96. The van der Waals surface area contributed by atoms with Crippen LogP contribution in [0.4, 0.5) is 0 Å². The summed E-state index contributed by atoms with van der Waals surface area (Å²) in [5, 5.41) is 8.96. The number of halogens is 1. The minimum atomic E-state index is 0.384. The Kier molecular flexibility index (Phi) is 3.68. The molecule has 0 unspecified atom stereocenters. The van der Waals surface area contributed by atoms with E-state index in [2.05, 4.69) is 27.0 Å². The number of hydrogen-bond donors (Lipinski definition) is 0. The number of aromatic nitrogens is 2. The van der Waals surface area contributed by atoms with E-state index in [-0.39, 0.29) is 0 Å². The molecule has 92 valence electrons. The van der Waals surface area contributed by atoms with Crippen molar-refractivity contribution in [3.05, 3.63) is 34.6 Å². The molecule has 0 N–H and O–H groups in total. The van der Waals surface area contributed by atoms with Gasteiger partial charge in [0.05, 0.1) is 6.61 Å². The fourth-order valence-electron chi connectivity index (χ4n) is 1.70. The van der Waals surface area contributed by atoms with Gasteiger partial charge in [0.2, 0.25) is 0 Å². The highest BCUT2D eigenvalue weighted by Gasteiger charge is 2.13. The molecule has 0 aliphatic rings. The van der Waals surface area contributed by atoms with E-state index in [1.54, 1.807) is 0 Å². The standard InChI is InChI=1S/C13H12BrN3O/c1-3-18-10-6-4-5-9(7-10)13-16-11(8-15)12(14)17(13)2/h4-7H,3H2,1-2H3. The Bertz CT molecular complexity index is 613. The summed E-state index contributed by atoms with van der Waals surface area (Å²) in [6.45, 7) is 2.56. The maximum Gasteiger partial charge on any atom is 0.173 e. The van der Waals surface area contributed by atoms with Crippen molar-refractivity contribution in [2.24, 2.45) is 7.05 Å². The van der Waals surface area contributed by atoms with E-state index >= 15 is 0 Å². The average molecular weight is 306 g/mol. The van der Waals surface area contributed by atoms with E-state index in [9.17, 15) is 0 Å². The van der Waals surface area contributed by atoms with Crippen molar-refractivity contribution in [2.45, 2.75) is 6.92 Å². The van der Waals surface area contributed by atoms with Crippen LogP contribution in [0.2, 0.25) is 0 Å². The molecule has 4 nitrogen and oxygen atoms in total. The molecular formula is C13H12BrN3O. The lowest BCUT2D eigenvalue weighted by Gasteiger charge is -2.06. The maximum absolute atomic E-state index is 8.96. The van der Waals surface area contributed by atoms with Gasteiger partial charge in [-0.1, -0.05) is 12.1 Å². The number of benzene rings is 1. The van der Waals surface area contributed by atoms with Crippen molar-refractivity contribution in [1.29, 1.82) is 5.26 Å². The van der Waals surface area contributed by atoms with Crippen LogP contribution in [0.1, 0.15) is 12.6 Å². The van der Waals surface area contributed by atoms with Crippen LogP contribution in [0.15, 0.2) is 28.9 Å². The molecule has 1 heterocycles. The van der Waals surface area contributed by atoms with Gasteiger partial charge in [0.15, 0.2) is 5.69 Å². The van der Waals surface area contributed by atoms with Crippen LogP contribution in [0.25, 0.3) is 11.4 Å². The van der Waals surface area contributed by atoms with E-state index in [1.165, 1.54) is 0 Å². The number of nitrogens with zero attached hydrogens (tertiary/aromatic N) is 3. The van der Waals surface area contributed by atoms with E-state index in [0.717, 1.165) is 17.1 Å². The third-order valence-corrected chi connectivity index (χ3v) is 3.44. The zero-order valence-electron chi connectivity index (χ0n) is 10.1. The first kappa shape index (κ1) is 12.7. The molecule has 0 spiro atoms. The van der Waals surface area contributed by atoms with Gasteiger partial charge in [0.1, 0.15) is 22.2 Å². The highest BCUT2D eigenvalue weighted by molar-refractivity contribution is 9.10. The normalized spacial score (nSPS) is 10.1. The SMILES string of the molecule is CCOc1cccc(-c2nc(C#N)c(Br)n2C)c1. The van der Waals surface area contributed by atoms with Gasteiger partial charge in [0.25, 0.3) is 0 Å². The van der Waals surface area contributed by atoms with Gasteiger partial charge in [-0.15, -0.1) is 0 Å². The number of imidazole rings is 1. The smallest absolute Gasteiger partial charge is 0.173 e. The number of rotatable bonds is 3. The number of hydrogen-bond acceptors (Lipinski definition) is 3. The lowest BCUT2D eigenvalue weighted by atomic mass is 10.2. The Hall–Kier alpha value is -1.80. The summed E-state index contributed by atoms with van der Waals surface area (Å²) >= 11 is 3.35. The predicted octanol–water partition coefficient (Wildman–Crippen LogP) is 3.12. The Morgan fingerprint density at radius 2 is 2.28 bits per heavy atom. The minimum Gasteiger partial charge on any atom is -0.494 e. The number of nitriles is 1. The highest BCUT2D eigenvalue weighted by Crippen LogP contribution is 2.27. The average Bonchev–Trinajstić information content (AvgIpc) is 2.67. The molecule has 0 saturated carbocycles. The fourth-order valence-corrected chi connectivity index (χ4v) is 2.05. The summed E-state index contributed by atoms with van der Waals surface area (Å²) in [5.41, 5.74) is 1.31. The molecule has 0 saturated heterocycles. The van der Waals surface area contributed by atoms with Gasteiger partial charge in [-0.3, -0.25) is 0 Å². The lowest BCUT2D eigenvalue weighted by molar-refractivity contribution is 0.340. The third kappa shape index (κ3) is 2.24. The summed E-state index contributed by atoms with van der Waals surface area (Å²) in [6.07, 6.45) is 0. The molecule has 0 aliphatic heterocycles. The monoisotopic (exact) mass is 305 g/mol. The molecule has 1 aromatic heterocycles. The predicted molar refractivity (Wildman–Crippen MR) is 72.2 cm³/mol. The second-order valence-electron chi connectivity index (χ2n) is 3.71. The van der Waals surface area contributed by atoms with Crippen molar-refractivity contribution in [3.8, 4) is 23.2 Å². The largest absolute Gasteiger partial charge is 0.494 e. The van der Waals surface area contributed by atoms with Crippen LogP contribution in [0.5, 0.6) is 5.75 Å². The summed E-state index contributed by atoms with van der Waals surface area (Å²) in [6, 6.07) is 9.73. The van der Waals surface area contributed by atoms with E-state index < -0.39 is 0 Å². The second-order valence-corrected chi connectivity index (χ2v) is 4.46. The molecule has 2 rings (SSSR count). The molecule has 0 aliphatic carbocycles. The third-order valence-electron chi connectivity index (χ3n) is 2.53. The molecule has 0 radical (unpaired) electrons. The fraction of sp³-hybridized carbons (Fsp3) is 0.231. The first-order chi connectivity index (χ1) is 8.67. The molecular weight excluding hydrogens is 294 g/mol. The van der Waals surface area contributed by atoms with Crippen LogP contribution in [-0.2, 0) is 7.05 Å². The number of ether oxygens (including phenoxy) is 1. The summed E-state index contributed by atoms with van der Waals surface area (Å²) in [7, 11) is 1.86. The molecule has 0 amide bonds. The van der Waals surface area contributed by atoms with Crippen molar-refractivity contribution >= 4 is 15.9 Å². The lowest BCUT2D eigenvalue weighted by Crippen LogP contribution is -1.95. The second kappa shape index (κ2) is 5.23. The van der Waals surface area contributed by atoms with Crippen molar-refractivity contribution in [2.75, 3.05) is 6.61 Å². The van der Waals surface area contributed by atoms with Crippen molar-refractivity contribution < 1.29 is 4.74 Å². The van der Waals surface area contributed by atoms with Crippen LogP contribution in [0, 0.1) is 11.3 Å².